The minimum atomic E-state index is -1.01. The van der Waals surface area contributed by atoms with Crippen LogP contribution in [0.2, 0.25) is 0 Å². The molecule has 1 heterocycles. The molecular formula is C8H10O5. The van der Waals surface area contributed by atoms with Crippen molar-refractivity contribution in [1.82, 2.24) is 0 Å². The van der Waals surface area contributed by atoms with Gasteiger partial charge in [0.2, 0.25) is 0 Å². The van der Waals surface area contributed by atoms with Gasteiger partial charge in [-0.25, -0.2) is 9.59 Å². The van der Waals surface area contributed by atoms with E-state index in [9.17, 15) is 9.59 Å². The van der Waals surface area contributed by atoms with E-state index >= 15 is 0 Å². The first kappa shape index (κ1) is 9.73. The van der Waals surface area contributed by atoms with Gasteiger partial charge in [0.05, 0.1) is 6.61 Å². The van der Waals surface area contributed by atoms with E-state index in [1.54, 1.807) is 0 Å². The quantitative estimate of drug-likeness (QED) is 0.280. The number of esters is 1. The minimum absolute atomic E-state index is 0.0347. The fraction of sp³-hybridized carbons (Fsp3) is 0.500. The van der Waals surface area contributed by atoms with Gasteiger partial charge in [0.25, 0.3) is 0 Å². The number of carbonyl (C=O) groups is 2. The second-order valence-corrected chi connectivity index (χ2v) is 2.69. The molecule has 0 radical (unpaired) electrons. The van der Waals surface area contributed by atoms with Crippen molar-refractivity contribution in [2.75, 3.05) is 13.2 Å². The maximum absolute atomic E-state index is 10.8. The molecular weight excluding hydrogens is 176 g/mol. The number of hydrogen-bond acceptors (Lipinski definition) is 5. The van der Waals surface area contributed by atoms with E-state index in [2.05, 4.69) is 16.1 Å². The molecule has 0 aromatic heterocycles. The topological polar surface area (TPSA) is 65.1 Å². The average molecular weight is 186 g/mol. The highest BCUT2D eigenvalue weighted by Gasteiger charge is 2.25. The fourth-order valence-electron chi connectivity index (χ4n) is 0.518. The number of carbonyl (C=O) groups excluding carboxylic acids is 2. The summed E-state index contributed by atoms with van der Waals surface area (Å²) in [5.74, 6) is -0.776. The molecule has 1 unspecified atom stereocenters. The van der Waals surface area contributed by atoms with Gasteiger partial charge >= 0.3 is 12.1 Å². The molecule has 1 saturated heterocycles. The molecule has 13 heavy (non-hydrogen) atoms. The normalized spacial score (nSPS) is 19.0. The van der Waals surface area contributed by atoms with E-state index in [0.29, 0.717) is 6.61 Å². The smallest absolute Gasteiger partial charge is 0.431 e. The Kier molecular flexibility index (Phi) is 3.02. The van der Waals surface area contributed by atoms with Crippen LogP contribution in [-0.4, -0.2) is 31.4 Å². The van der Waals surface area contributed by atoms with Crippen molar-refractivity contribution in [2.24, 2.45) is 0 Å². The third-order valence-electron chi connectivity index (χ3n) is 1.31. The highest BCUT2D eigenvalue weighted by atomic mass is 16.7. The van der Waals surface area contributed by atoms with E-state index < -0.39 is 12.1 Å². The first-order valence-corrected chi connectivity index (χ1v) is 3.75. The van der Waals surface area contributed by atoms with Gasteiger partial charge in [0.1, 0.15) is 12.7 Å². The predicted octanol–water partition coefficient (Wildman–Crippen LogP) is 0.641. The first-order valence-electron chi connectivity index (χ1n) is 3.75. The number of epoxide rings is 1. The SMILES string of the molecule is C=C(C)C(=O)OC(=O)OCC1CO1. The number of ether oxygens (including phenoxy) is 3. The second-order valence-electron chi connectivity index (χ2n) is 2.69. The molecule has 0 N–H and O–H groups in total. The Morgan fingerprint density at radius 3 is 2.69 bits per heavy atom. The molecule has 5 nitrogen and oxygen atoms in total. The Labute approximate surface area is 75.3 Å². The third-order valence-corrected chi connectivity index (χ3v) is 1.31. The molecule has 0 amide bonds. The van der Waals surface area contributed by atoms with E-state index in [4.69, 9.17) is 4.74 Å². The van der Waals surface area contributed by atoms with Crippen LogP contribution in [0.4, 0.5) is 4.79 Å². The lowest BCUT2D eigenvalue weighted by Crippen LogP contribution is -2.16. The van der Waals surface area contributed by atoms with Gasteiger partial charge in [-0.3, -0.25) is 0 Å². The van der Waals surface area contributed by atoms with Crippen LogP contribution in [0.5, 0.6) is 0 Å². The molecule has 0 aromatic rings. The molecule has 1 atom stereocenters. The Morgan fingerprint density at radius 2 is 2.23 bits per heavy atom. The molecule has 1 fully saturated rings. The van der Waals surface area contributed by atoms with Crippen LogP contribution in [0, 0.1) is 0 Å². The fourth-order valence-corrected chi connectivity index (χ4v) is 0.518. The summed E-state index contributed by atoms with van der Waals surface area (Å²) in [7, 11) is 0. The van der Waals surface area contributed by atoms with Crippen molar-refractivity contribution in [2.45, 2.75) is 13.0 Å². The summed E-state index contributed by atoms with van der Waals surface area (Å²) >= 11 is 0. The summed E-state index contributed by atoms with van der Waals surface area (Å²) in [6, 6.07) is 0. The van der Waals surface area contributed by atoms with E-state index in [1.165, 1.54) is 6.92 Å². The third kappa shape index (κ3) is 3.71. The Hall–Kier alpha value is -1.36. The lowest BCUT2D eigenvalue weighted by molar-refractivity contribution is -0.135. The van der Waals surface area contributed by atoms with E-state index in [0.717, 1.165) is 0 Å². The standard InChI is InChI=1S/C8H10O5/c1-5(2)7(9)13-8(10)12-4-6-3-11-6/h6H,1,3-4H2,2H3. The monoisotopic (exact) mass is 186 g/mol. The van der Waals surface area contributed by atoms with Crippen molar-refractivity contribution in [1.29, 1.82) is 0 Å². The molecule has 0 spiro atoms. The van der Waals surface area contributed by atoms with Crippen LogP contribution >= 0.6 is 0 Å². The Balaban J connectivity index is 2.15. The molecule has 72 valence electrons. The predicted molar refractivity (Wildman–Crippen MR) is 42.0 cm³/mol. The first-order chi connectivity index (χ1) is 6.09. The lowest BCUT2D eigenvalue weighted by atomic mass is 10.4. The summed E-state index contributed by atoms with van der Waals surface area (Å²) < 4.78 is 13.5. The summed E-state index contributed by atoms with van der Waals surface area (Å²) in [5.41, 5.74) is 0.152. The van der Waals surface area contributed by atoms with Gasteiger partial charge in [0, 0.05) is 5.57 Å². The summed E-state index contributed by atoms with van der Waals surface area (Å²) in [6.07, 6.45) is -1.05. The van der Waals surface area contributed by atoms with Gasteiger partial charge < -0.3 is 14.2 Å². The van der Waals surface area contributed by atoms with Crippen LogP contribution in [0.3, 0.4) is 0 Å². The lowest BCUT2D eigenvalue weighted by Gasteiger charge is -2.01. The highest BCUT2D eigenvalue weighted by molar-refractivity contribution is 5.93. The van der Waals surface area contributed by atoms with Crippen molar-refractivity contribution < 1.29 is 23.8 Å². The largest absolute Gasteiger partial charge is 0.516 e. The summed E-state index contributed by atoms with van der Waals surface area (Å²) in [4.78, 5) is 21.5. The van der Waals surface area contributed by atoms with Gasteiger partial charge in [-0.15, -0.1) is 0 Å². The van der Waals surface area contributed by atoms with Crippen molar-refractivity contribution in [3.63, 3.8) is 0 Å². The van der Waals surface area contributed by atoms with Gasteiger partial charge in [-0.2, -0.15) is 0 Å². The molecule has 0 aromatic carbocycles. The molecule has 1 rings (SSSR count). The zero-order valence-corrected chi connectivity index (χ0v) is 7.24. The van der Waals surface area contributed by atoms with Gasteiger partial charge in [-0.05, 0) is 6.92 Å². The van der Waals surface area contributed by atoms with Crippen LogP contribution < -0.4 is 0 Å². The van der Waals surface area contributed by atoms with Gasteiger partial charge in [0.15, 0.2) is 0 Å². The second kappa shape index (κ2) is 4.04. The minimum Gasteiger partial charge on any atom is -0.431 e. The van der Waals surface area contributed by atoms with Crippen LogP contribution in [0.25, 0.3) is 0 Å². The van der Waals surface area contributed by atoms with Gasteiger partial charge in [-0.1, -0.05) is 6.58 Å². The molecule has 0 aliphatic carbocycles. The van der Waals surface area contributed by atoms with Crippen LogP contribution in [0.15, 0.2) is 12.2 Å². The zero-order chi connectivity index (χ0) is 9.84. The maximum Gasteiger partial charge on any atom is 0.516 e. The Morgan fingerprint density at radius 1 is 1.62 bits per heavy atom. The zero-order valence-electron chi connectivity index (χ0n) is 7.24. The average Bonchev–Trinajstić information content (AvgIpc) is 2.83. The number of rotatable bonds is 3. The van der Waals surface area contributed by atoms with E-state index in [-0.39, 0.29) is 18.3 Å². The molecule has 0 bridgehead atoms. The molecule has 1 aliphatic heterocycles. The van der Waals surface area contributed by atoms with Crippen LogP contribution in [0.1, 0.15) is 6.92 Å². The summed E-state index contributed by atoms with van der Waals surface area (Å²) in [5, 5.41) is 0. The molecule has 0 saturated carbocycles. The molecule has 5 heteroatoms. The van der Waals surface area contributed by atoms with Crippen molar-refractivity contribution in [3.05, 3.63) is 12.2 Å². The van der Waals surface area contributed by atoms with Crippen molar-refractivity contribution >= 4 is 12.1 Å². The highest BCUT2D eigenvalue weighted by Crippen LogP contribution is 2.09. The van der Waals surface area contributed by atoms with Crippen molar-refractivity contribution in [3.8, 4) is 0 Å². The van der Waals surface area contributed by atoms with E-state index in [1.807, 2.05) is 0 Å². The summed E-state index contributed by atoms with van der Waals surface area (Å²) in [6.45, 7) is 5.47. The maximum atomic E-state index is 10.8. The molecule has 1 aliphatic rings. The Bertz CT molecular complexity index is 241. The van der Waals surface area contributed by atoms with Crippen LogP contribution in [-0.2, 0) is 19.0 Å². The number of hydrogen-bond donors (Lipinski definition) is 0.